The summed E-state index contributed by atoms with van der Waals surface area (Å²) in [5, 5.41) is 4.04. The molecule has 5 heteroatoms. The van der Waals surface area contributed by atoms with Crippen molar-refractivity contribution >= 4 is 29.9 Å². The van der Waals surface area contributed by atoms with Crippen LogP contribution >= 0.6 is 24.0 Å². The van der Waals surface area contributed by atoms with Crippen molar-refractivity contribution in [1.29, 1.82) is 0 Å². The zero-order chi connectivity index (χ0) is 17.9. The number of rotatable bonds is 7. The molecular weight excluding hydrogens is 355 g/mol. The molecule has 3 nitrogen and oxygen atoms in total. The van der Waals surface area contributed by atoms with Crippen molar-refractivity contribution in [3.05, 3.63) is 34.9 Å². The maximum atomic E-state index is 12.6. The van der Waals surface area contributed by atoms with E-state index in [2.05, 4.69) is 31.3 Å². The molecule has 1 saturated carbocycles. The van der Waals surface area contributed by atoms with Crippen LogP contribution in [0.4, 0.5) is 0 Å². The Kier molecular flexibility index (Phi) is 8.24. The molecule has 2 rings (SSSR count). The number of hydrogen-bond acceptors (Lipinski definition) is 2. The lowest BCUT2D eigenvalue weighted by Crippen LogP contribution is -2.58. The number of amides is 1. The van der Waals surface area contributed by atoms with Gasteiger partial charge in [-0.1, -0.05) is 57.8 Å². The van der Waals surface area contributed by atoms with Gasteiger partial charge in [-0.05, 0) is 48.8 Å². The molecule has 1 aromatic carbocycles. The fourth-order valence-electron chi connectivity index (χ4n) is 3.64. The van der Waals surface area contributed by atoms with E-state index in [0.29, 0.717) is 5.92 Å². The van der Waals surface area contributed by atoms with Gasteiger partial charge in [-0.2, -0.15) is 0 Å². The molecule has 2 unspecified atom stereocenters. The number of hydrogen-bond donors (Lipinski definition) is 2. The summed E-state index contributed by atoms with van der Waals surface area (Å²) in [4.78, 5) is 12.6. The number of benzene rings is 1. The number of nitrogens with one attached hydrogen (secondary N) is 1. The summed E-state index contributed by atoms with van der Waals surface area (Å²) in [5.74, 6) is 0.615. The highest BCUT2D eigenvalue weighted by Crippen LogP contribution is 2.48. The number of carbonyl (C=O) groups is 1. The Morgan fingerprint density at radius 1 is 1.20 bits per heavy atom. The first-order valence-corrected chi connectivity index (χ1v) is 9.46. The molecular formula is C20H32Cl2N2O. The minimum absolute atomic E-state index is 0. The van der Waals surface area contributed by atoms with Crippen LogP contribution in [0.15, 0.2) is 24.3 Å². The van der Waals surface area contributed by atoms with Crippen molar-refractivity contribution in [3.8, 4) is 0 Å². The van der Waals surface area contributed by atoms with Crippen LogP contribution in [-0.2, 0) is 10.2 Å². The van der Waals surface area contributed by atoms with Crippen LogP contribution in [-0.4, -0.2) is 18.0 Å². The first-order chi connectivity index (χ1) is 11.3. The molecule has 0 saturated heterocycles. The summed E-state index contributed by atoms with van der Waals surface area (Å²) in [6.45, 7) is 8.38. The van der Waals surface area contributed by atoms with Crippen molar-refractivity contribution < 1.29 is 4.79 Å². The van der Waals surface area contributed by atoms with Crippen molar-refractivity contribution in [3.63, 3.8) is 0 Å². The maximum Gasteiger partial charge on any atom is 0.237 e. The molecule has 1 amide bonds. The van der Waals surface area contributed by atoms with E-state index in [1.165, 1.54) is 12.0 Å². The molecule has 1 aliphatic rings. The number of nitrogens with two attached hydrogens (primary N) is 1. The molecule has 3 N–H and O–H groups in total. The van der Waals surface area contributed by atoms with Gasteiger partial charge < -0.3 is 11.1 Å². The van der Waals surface area contributed by atoms with Crippen LogP contribution in [0.3, 0.4) is 0 Å². The van der Waals surface area contributed by atoms with Crippen LogP contribution in [0.25, 0.3) is 0 Å². The van der Waals surface area contributed by atoms with E-state index < -0.39 is 6.04 Å². The van der Waals surface area contributed by atoms with Crippen LogP contribution in [0.5, 0.6) is 0 Å². The lowest BCUT2D eigenvalue weighted by molar-refractivity contribution is -0.125. The molecule has 1 fully saturated rings. The monoisotopic (exact) mass is 386 g/mol. The Balaban J connectivity index is 0.00000312. The largest absolute Gasteiger partial charge is 0.351 e. The SMILES string of the molecule is CC(C)CC(NC(=O)C(N)C(C)C)C1(c2ccc(Cl)cc2)CCC1.Cl. The summed E-state index contributed by atoms with van der Waals surface area (Å²) in [5.41, 5.74) is 7.37. The van der Waals surface area contributed by atoms with Gasteiger partial charge in [-0.3, -0.25) is 4.79 Å². The summed E-state index contributed by atoms with van der Waals surface area (Å²) in [6.07, 6.45) is 4.36. The third-order valence-electron chi connectivity index (χ3n) is 5.38. The Morgan fingerprint density at radius 3 is 2.16 bits per heavy atom. The van der Waals surface area contributed by atoms with Crippen LogP contribution in [0, 0.1) is 11.8 Å². The second-order valence-electron chi connectivity index (χ2n) is 7.98. The van der Waals surface area contributed by atoms with Gasteiger partial charge >= 0.3 is 0 Å². The highest BCUT2D eigenvalue weighted by atomic mass is 35.5. The van der Waals surface area contributed by atoms with Gasteiger partial charge in [0.2, 0.25) is 5.91 Å². The van der Waals surface area contributed by atoms with Gasteiger partial charge in [0.25, 0.3) is 0 Å². The molecule has 25 heavy (non-hydrogen) atoms. The molecule has 1 aliphatic carbocycles. The lowest BCUT2D eigenvalue weighted by atomic mass is 9.58. The van der Waals surface area contributed by atoms with Crippen molar-refractivity contribution in [2.75, 3.05) is 0 Å². The Labute approximate surface area is 163 Å². The van der Waals surface area contributed by atoms with Crippen molar-refractivity contribution in [2.24, 2.45) is 17.6 Å². The smallest absolute Gasteiger partial charge is 0.237 e. The summed E-state index contributed by atoms with van der Waals surface area (Å²) < 4.78 is 0. The van der Waals surface area contributed by atoms with E-state index in [-0.39, 0.29) is 35.7 Å². The molecule has 2 atom stereocenters. The average molecular weight is 387 g/mol. The van der Waals surface area contributed by atoms with E-state index in [1.54, 1.807) is 0 Å². The molecule has 0 heterocycles. The first kappa shape index (κ1) is 22.3. The van der Waals surface area contributed by atoms with Crippen molar-refractivity contribution in [2.45, 2.75) is 70.9 Å². The van der Waals surface area contributed by atoms with Gasteiger partial charge in [0, 0.05) is 16.5 Å². The molecule has 1 aromatic rings. The Morgan fingerprint density at radius 2 is 1.76 bits per heavy atom. The summed E-state index contributed by atoms with van der Waals surface area (Å²) in [6, 6.07) is 7.79. The van der Waals surface area contributed by atoms with Gasteiger partial charge in [-0.25, -0.2) is 0 Å². The van der Waals surface area contributed by atoms with Crippen LogP contribution in [0.1, 0.15) is 58.9 Å². The minimum Gasteiger partial charge on any atom is -0.351 e. The van der Waals surface area contributed by atoms with E-state index in [1.807, 2.05) is 26.0 Å². The quantitative estimate of drug-likeness (QED) is 0.713. The van der Waals surface area contributed by atoms with E-state index in [4.69, 9.17) is 17.3 Å². The number of halogens is 2. The highest BCUT2D eigenvalue weighted by molar-refractivity contribution is 6.30. The van der Waals surface area contributed by atoms with Gasteiger partial charge in [0.15, 0.2) is 0 Å². The molecule has 0 spiro atoms. The second kappa shape index (κ2) is 9.25. The fourth-order valence-corrected chi connectivity index (χ4v) is 3.77. The van der Waals surface area contributed by atoms with Gasteiger partial charge in [-0.15, -0.1) is 12.4 Å². The third kappa shape index (κ3) is 5.12. The zero-order valence-electron chi connectivity index (χ0n) is 15.7. The molecule has 0 aromatic heterocycles. The fraction of sp³-hybridized carbons (Fsp3) is 0.650. The van der Waals surface area contributed by atoms with E-state index in [9.17, 15) is 4.79 Å². The van der Waals surface area contributed by atoms with Crippen molar-refractivity contribution in [1.82, 2.24) is 5.32 Å². The van der Waals surface area contributed by atoms with Crippen LogP contribution < -0.4 is 11.1 Å². The van der Waals surface area contributed by atoms with E-state index >= 15 is 0 Å². The minimum atomic E-state index is -0.456. The molecule has 142 valence electrons. The second-order valence-corrected chi connectivity index (χ2v) is 8.41. The topological polar surface area (TPSA) is 55.1 Å². The van der Waals surface area contributed by atoms with E-state index in [0.717, 1.165) is 24.3 Å². The predicted molar refractivity (Wildman–Crippen MR) is 108 cm³/mol. The Hall–Kier alpha value is -0.770. The number of carbonyl (C=O) groups excluding carboxylic acids is 1. The predicted octanol–water partition coefficient (Wildman–Crippen LogP) is 4.70. The summed E-state index contributed by atoms with van der Waals surface area (Å²) >= 11 is 6.06. The maximum absolute atomic E-state index is 12.6. The molecule has 0 aliphatic heterocycles. The lowest BCUT2D eigenvalue weighted by Gasteiger charge is -2.49. The highest BCUT2D eigenvalue weighted by Gasteiger charge is 2.46. The average Bonchev–Trinajstić information content (AvgIpc) is 2.46. The van der Waals surface area contributed by atoms with Gasteiger partial charge in [0.05, 0.1) is 6.04 Å². The standard InChI is InChI=1S/C20H31ClN2O.ClH/c1-13(2)12-17(23-19(24)18(22)14(3)4)20(10-5-11-20)15-6-8-16(21)9-7-15;/h6-9,13-14,17-18H,5,10-12,22H2,1-4H3,(H,23,24);1H. The third-order valence-corrected chi connectivity index (χ3v) is 5.63. The Bertz CT molecular complexity index is 553. The normalized spacial score (nSPS) is 18.2. The molecule has 0 bridgehead atoms. The summed E-state index contributed by atoms with van der Waals surface area (Å²) in [7, 11) is 0. The molecule has 0 radical (unpaired) electrons. The van der Waals surface area contributed by atoms with Gasteiger partial charge in [0.1, 0.15) is 0 Å². The zero-order valence-corrected chi connectivity index (χ0v) is 17.3. The van der Waals surface area contributed by atoms with Crippen LogP contribution in [0.2, 0.25) is 5.02 Å². The first-order valence-electron chi connectivity index (χ1n) is 9.08.